The second kappa shape index (κ2) is 8.60. The van der Waals surface area contributed by atoms with Gasteiger partial charge >= 0.3 is 0 Å². The Balaban J connectivity index is 2.73. The first-order valence-corrected chi connectivity index (χ1v) is 8.27. The summed E-state index contributed by atoms with van der Waals surface area (Å²) in [5.74, 6) is 2.64. The van der Waals surface area contributed by atoms with Crippen molar-refractivity contribution in [2.24, 2.45) is 5.92 Å². The molecule has 0 amide bonds. The van der Waals surface area contributed by atoms with Crippen LogP contribution in [-0.4, -0.2) is 18.1 Å². The highest BCUT2D eigenvalue weighted by atomic mass is 32.2. The molecule has 0 bridgehead atoms. The molecule has 1 aromatic carbocycles. The standard InChI is InChI=1S/C16H26FNS/c1-5-8-18-16(11-19-10-12(2)3)14-9-13(4)6-7-15(14)17/h6-7,9,12,16,18H,5,8,10-11H2,1-4H3. The first-order chi connectivity index (χ1) is 9.04. The molecule has 0 spiro atoms. The van der Waals surface area contributed by atoms with Gasteiger partial charge in [-0.1, -0.05) is 38.5 Å². The smallest absolute Gasteiger partial charge is 0.128 e. The molecule has 1 rings (SSSR count). The van der Waals surface area contributed by atoms with Crippen molar-refractivity contribution in [2.75, 3.05) is 18.1 Å². The van der Waals surface area contributed by atoms with E-state index in [1.165, 1.54) is 0 Å². The highest BCUT2D eigenvalue weighted by Crippen LogP contribution is 2.23. The Morgan fingerprint density at radius 3 is 2.63 bits per heavy atom. The lowest BCUT2D eigenvalue weighted by atomic mass is 10.0. The lowest BCUT2D eigenvalue weighted by Gasteiger charge is -2.20. The minimum Gasteiger partial charge on any atom is -0.309 e. The van der Waals surface area contributed by atoms with Gasteiger partial charge in [-0.25, -0.2) is 4.39 Å². The number of rotatable bonds is 8. The molecule has 108 valence electrons. The summed E-state index contributed by atoms with van der Waals surface area (Å²) in [7, 11) is 0. The molecular formula is C16H26FNS. The van der Waals surface area contributed by atoms with E-state index in [0.29, 0.717) is 5.92 Å². The van der Waals surface area contributed by atoms with Crippen LogP contribution in [0, 0.1) is 18.7 Å². The van der Waals surface area contributed by atoms with Gasteiger partial charge in [0.1, 0.15) is 5.82 Å². The minimum absolute atomic E-state index is 0.0932. The molecule has 1 atom stereocenters. The number of hydrogen-bond acceptors (Lipinski definition) is 2. The van der Waals surface area contributed by atoms with Crippen molar-refractivity contribution in [1.82, 2.24) is 5.32 Å². The topological polar surface area (TPSA) is 12.0 Å². The number of thioether (sulfide) groups is 1. The average Bonchev–Trinajstić information content (AvgIpc) is 2.36. The molecule has 19 heavy (non-hydrogen) atoms. The molecule has 0 fully saturated rings. The maximum Gasteiger partial charge on any atom is 0.128 e. The van der Waals surface area contributed by atoms with Gasteiger partial charge in [0.15, 0.2) is 0 Å². The zero-order valence-corrected chi connectivity index (χ0v) is 13.3. The highest BCUT2D eigenvalue weighted by molar-refractivity contribution is 7.99. The van der Waals surface area contributed by atoms with Crippen LogP contribution >= 0.6 is 11.8 Å². The van der Waals surface area contributed by atoms with Crippen LogP contribution in [0.15, 0.2) is 18.2 Å². The Labute approximate surface area is 121 Å². The van der Waals surface area contributed by atoms with E-state index in [-0.39, 0.29) is 11.9 Å². The van der Waals surface area contributed by atoms with Gasteiger partial charge < -0.3 is 5.32 Å². The molecule has 1 unspecified atom stereocenters. The Kier molecular flexibility index (Phi) is 7.47. The predicted octanol–water partition coefficient (Wildman–Crippen LogP) is 4.56. The fraction of sp³-hybridized carbons (Fsp3) is 0.625. The Hall–Kier alpha value is -0.540. The summed E-state index contributed by atoms with van der Waals surface area (Å²) in [4.78, 5) is 0. The van der Waals surface area contributed by atoms with Gasteiger partial charge in [0.2, 0.25) is 0 Å². The first-order valence-electron chi connectivity index (χ1n) is 7.11. The summed E-state index contributed by atoms with van der Waals surface area (Å²) < 4.78 is 14.0. The van der Waals surface area contributed by atoms with Crippen molar-refractivity contribution in [3.63, 3.8) is 0 Å². The molecule has 1 aromatic rings. The van der Waals surface area contributed by atoms with Crippen LogP contribution < -0.4 is 5.32 Å². The monoisotopic (exact) mass is 283 g/mol. The normalized spacial score (nSPS) is 12.9. The van der Waals surface area contributed by atoms with Crippen LogP contribution in [0.5, 0.6) is 0 Å². The largest absolute Gasteiger partial charge is 0.309 e. The van der Waals surface area contributed by atoms with Crippen LogP contribution in [0.1, 0.15) is 44.4 Å². The quantitative estimate of drug-likeness (QED) is 0.750. The molecular weight excluding hydrogens is 257 g/mol. The molecule has 1 nitrogen and oxygen atoms in total. The number of nitrogens with one attached hydrogen (secondary N) is 1. The van der Waals surface area contributed by atoms with Gasteiger partial charge in [0.05, 0.1) is 0 Å². The third-order valence-electron chi connectivity index (χ3n) is 2.90. The molecule has 0 aromatic heterocycles. The zero-order chi connectivity index (χ0) is 14.3. The fourth-order valence-electron chi connectivity index (χ4n) is 1.93. The van der Waals surface area contributed by atoms with Gasteiger partial charge in [-0.15, -0.1) is 0 Å². The minimum atomic E-state index is -0.0932. The van der Waals surface area contributed by atoms with Crippen molar-refractivity contribution >= 4 is 11.8 Å². The molecule has 0 radical (unpaired) electrons. The maximum absolute atomic E-state index is 14.0. The Morgan fingerprint density at radius 2 is 2.00 bits per heavy atom. The van der Waals surface area contributed by atoms with Crippen LogP contribution in [-0.2, 0) is 0 Å². The van der Waals surface area contributed by atoms with E-state index in [2.05, 4.69) is 26.1 Å². The second-order valence-electron chi connectivity index (χ2n) is 5.46. The zero-order valence-electron chi connectivity index (χ0n) is 12.5. The van der Waals surface area contributed by atoms with E-state index in [0.717, 1.165) is 35.6 Å². The number of aryl methyl sites for hydroxylation is 1. The fourth-order valence-corrected chi connectivity index (χ4v) is 3.07. The summed E-state index contributed by atoms with van der Waals surface area (Å²) >= 11 is 1.90. The van der Waals surface area contributed by atoms with Gasteiger partial charge in [0.25, 0.3) is 0 Å². The van der Waals surface area contributed by atoms with E-state index >= 15 is 0 Å². The highest BCUT2D eigenvalue weighted by Gasteiger charge is 2.15. The van der Waals surface area contributed by atoms with Gasteiger partial charge in [-0.05, 0) is 37.6 Å². The lowest BCUT2D eigenvalue weighted by Crippen LogP contribution is -2.25. The van der Waals surface area contributed by atoms with E-state index in [4.69, 9.17) is 0 Å². The molecule has 0 saturated carbocycles. The molecule has 0 aliphatic heterocycles. The van der Waals surface area contributed by atoms with E-state index in [1.807, 2.05) is 30.8 Å². The summed E-state index contributed by atoms with van der Waals surface area (Å²) in [6, 6.07) is 5.50. The van der Waals surface area contributed by atoms with Crippen LogP contribution in [0.2, 0.25) is 0 Å². The lowest BCUT2D eigenvalue weighted by molar-refractivity contribution is 0.531. The SMILES string of the molecule is CCCNC(CSCC(C)C)c1cc(C)ccc1F. The number of hydrogen-bond donors (Lipinski definition) is 1. The van der Waals surface area contributed by atoms with Crippen LogP contribution in [0.4, 0.5) is 4.39 Å². The van der Waals surface area contributed by atoms with Gasteiger partial charge in [0, 0.05) is 17.4 Å². The third kappa shape index (κ3) is 5.96. The van der Waals surface area contributed by atoms with Gasteiger partial charge in [-0.2, -0.15) is 11.8 Å². The van der Waals surface area contributed by atoms with Gasteiger partial charge in [-0.3, -0.25) is 0 Å². The number of halogens is 1. The molecule has 0 aliphatic rings. The van der Waals surface area contributed by atoms with E-state index in [9.17, 15) is 4.39 Å². The number of benzene rings is 1. The van der Waals surface area contributed by atoms with E-state index in [1.54, 1.807) is 6.07 Å². The third-order valence-corrected chi connectivity index (χ3v) is 4.37. The maximum atomic E-state index is 14.0. The summed E-state index contributed by atoms with van der Waals surface area (Å²) in [5.41, 5.74) is 1.93. The molecule has 3 heteroatoms. The van der Waals surface area contributed by atoms with E-state index < -0.39 is 0 Å². The molecule has 0 aliphatic carbocycles. The van der Waals surface area contributed by atoms with Crippen molar-refractivity contribution in [1.29, 1.82) is 0 Å². The summed E-state index contributed by atoms with van der Waals surface area (Å²) in [5, 5.41) is 3.47. The summed E-state index contributed by atoms with van der Waals surface area (Å²) in [6.45, 7) is 9.52. The van der Waals surface area contributed by atoms with Crippen LogP contribution in [0.25, 0.3) is 0 Å². The molecule has 0 heterocycles. The first kappa shape index (κ1) is 16.5. The molecule has 0 saturated heterocycles. The predicted molar refractivity (Wildman–Crippen MR) is 84.3 cm³/mol. The van der Waals surface area contributed by atoms with Crippen molar-refractivity contribution in [2.45, 2.75) is 40.2 Å². The summed E-state index contributed by atoms with van der Waals surface area (Å²) in [6.07, 6.45) is 1.07. The van der Waals surface area contributed by atoms with Crippen molar-refractivity contribution in [3.05, 3.63) is 35.1 Å². The second-order valence-corrected chi connectivity index (χ2v) is 6.54. The van der Waals surface area contributed by atoms with Crippen LogP contribution in [0.3, 0.4) is 0 Å². The Bertz CT molecular complexity index is 379. The van der Waals surface area contributed by atoms with Crippen molar-refractivity contribution in [3.8, 4) is 0 Å². The Morgan fingerprint density at radius 1 is 1.26 bits per heavy atom. The molecule has 1 N–H and O–H groups in total. The van der Waals surface area contributed by atoms with Crippen molar-refractivity contribution < 1.29 is 4.39 Å². The average molecular weight is 283 g/mol.